The second-order valence-corrected chi connectivity index (χ2v) is 9.44. The van der Waals surface area contributed by atoms with Crippen LogP contribution in [0.15, 0.2) is 36.5 Å². The maximum absolute atomic E-state index is 13.1. The van der Waals surface area contributed by atoms with Crippen molar-refractivity contribution >= 4 is 16.8 Å². The molecule has 28 heavy (non-hydrogen) atoms. The number of hydrogen-bond acceptors (Lipinski definition) is 4. The molecule has 4 rings (SSSR count). The average Bonchev–Trinajstić information content (AvgIpc) is 3.07. The van der Waals surface area contributed by atoms with Crippen molar-refractivity contribution < 1.29 is 9.53 Å². The number of benzene rings is 1. The zero-order chi connectivity index (χ0) is 19.8. The molecule has 5 heteroatoms. The Kier molecular flexibility index (Phi) is 5.15. The molecule has 0 radical (unpaired) electrons. The summed E-state index contributed by atoms with van der Waals surface area (Å²) in [5.74, 6) is 0.578. The van der Waals surface area contributed by atoms with E-state index in [2.05, 4.69) is 31.1 Å². The molecule has 5 nitrogen and oxygen atoms in total. The van der Waals surface area contributed by atoms with E-state index in [1.807, 2.05) is 35.2 Å². The van der Waals surface area contributed by atoms with Crippen LogP contribution in [0.4, 0.5) is 0 Å². The highest BCUT2D eigenvalue weighted by molar-refractivity contribution is 5.97. The first-order valence-corrected chi connectivity index (χ1v) is 10.4. The van der Waals surface area contributed by atoms with E-state index in [0.717, 1.165) is 49.9 Å². The predicted octanol–water partition coefficient (Wildman–Crippen LogP) is 3.63. The molecule has 150 valence electrons. The van der Waals surface area contributed by atoms with Crippen LogP contribution in [0, 0.1) is 5.92 Å². The van der Waals surface area contributed by atoms with Crippen molar-refractivity contribution in [2.45, 2.75) is 51.2 Å². The zero-order valence-electron chi connectivity index (χ0n) is 17.2. The van der Waals surface area contributed by atoms with Crippen molar-refractivity contribution in [2.24, 2.45) is 5.92 Å². The fourth-order valence-electron chi connectivity index (χ4n) is 4.45. The summed E-state index contributed by atoms with van der Waals surface area (Å²) in [4.78, 5) is 19.6. The Balaban J connectivity index is 1.44. The van der Waals surface area contributed by atoms with E-state index < -0.39 is 0 Å². The Labute approximate surface area is 167 Å². The van der Waals surface area contributed by atoms with Crippen molar-refractivity contribution in [3.8, 4) is 0 Å². The first-order valence-electron chi connectivity index (χ1n) is 10.4. The number of carbonyl (C=O) groups excluding carboxylic acids is 1. The minimum atomic E-state index is -0.178. The molecule has 2 atom stereocenters. The predicted molar refractivity (Wildman–Crippen MR) is 111 cm³/mol. The fourth-order valence-corrected chi connectivity index (χ4v) is 4.45. The van der Waals surface area contributed by atoms with Gasteiger partial charge >= 0.3 is 0 Å². The molecule has 0 unspecified atom stereocenters. The van der Waals surface area contributed by atoms with Gasteiger partial charge in [-0.25, -0.2) is 0 Å². The second kappa shape index (κ2) is 7.45. The number of aromatic nitrogens is 1. The second-order valence-electron chi connectivity index (χ2n) is 9.44. The third-order valence-corrected chi connectivity index (χ3v) is 5.87. The molecule has 2 saturated heterocycles. The molecule has 0 saturated carbocycles. The van der Waals surface area contributed by atoms with Crippen LogP contribution >= 0.6 is 0 Å². The summed E-state index contributed by atoms with van der Waals surface area (Å²) in [6.07, 6.45) is 4.76. The normalized spacial score (nSPS) is 25.5. The molecule has 1 aromatic heterocycles. The molecule has 3 heterocycles. The van der Waals surface area contributed by atoms with Crippen LogP contribution in [0.5, 0.6) is 0 Å². The van der Waals surface area contributed by atoms with Gasteiger partial charge in [0.25, 0.3) is 5.91 Å². The van der Waals surface area contributed by atoms with Gasteiger partial charge in [-0.3, -0.25) is 9.78 Å². The lowest BCUT2D eigenvalue weighted by Crippen LogP contribution is -2.50. The molecule has 1 aromatic carbocycles. The van der Waals surface area contributed by atoms with Crippen LogP contribution in [0.3, 0.4) is 0 Å². The number of rotatable bonds is 3. The highest BCUT2D eigenvalue weighted by atomic mass is 16.5. The maximum Gasteiger partial charge on any atom is 0.255 e. The number of nitrogens with one attached hydrogen (secondary N) is 1. The number of likely N-dealkylation sites (tertiary alicyclic amines) is 1. The van der Waals surface area contributed by atoms with Crippen LogP contribution in [-0.2, 0) is 4.74 Å². The average molecular weight is 382 g/mol. The molecule has 2 fully saturated rings. The standard InChI is InChI=1S/C23H31N3O2/c1-22(2,3)25-13-17-12-23(28-15-17)9-6-10-26(16-23)21(27)19-11-18-7-4-5-8-20(18)24-14-19/h4-5,7-8,11,14,17,25H,6,9-10,12-13,15-16H2,1-3H3/t17-,23-/m0/s1. The SMILES string of the molecule is CC(C)(C)NC[C@H]1CO[C@@]2(CCCN(C(=O)c3cnc4ccccc4c3)C2)C1. The van der Waals surface area contributed by atoms with Gasteiger partial charge in [0.05, 0.1) is 23.3 Å². The van der Waals surface area contributed by atoms with Gasteiger partial charge in [0, 0.05) is 36.8 Å². The molecular formula is C23H31N3O2. The summed E-state index contributed by atoms with van der Waals surface area (Å²) in [5, 5.41) is 4.60. The van der Waals surface area contributed by atoms with Crippen molar-refractivity contribution in [1.82, 2.24) is 15.2 Å². The monoisotopic (exact) mass is 381 g/mol. The van der Waals surface area contributed by atoms with Gasteiger partial charge in [-0.05, 0) is 58.1 Å². The van der Waals surface area contributed by atoms with Crippen LogP contribution in [0.25, 0.3) is 10.9 Å². The van der Waals surface area contributed by atoms with Crippen molar-refractivity contribution in [3.05, 3.63) is 42.1 Å². The topological polar surface area (TPSA) is 54.5 Å². The van der Waals surface area contributed by atoms with Gasteiger partial charge in [-0.1, -0.05) is 18.2 Å². The lowest BCUT2D eigenvalue weighted by molar-refractivity contribution is -0.0449. The van der Waals surface area contributed by atoms with Crippen molar-refractivity contribution in [1.29, 1.82) is 0 Å². The summed E-state index contributed by atoms with van der Waals surface area (Å²) >= 11 is 0. The number of hydrogen-bond donors (Lipinski definition) is 1. The Bertz CT molecular complexity index is 860. The van der Waals surface area contributed by atoms with E-state index in [4.69, 9.17) is 4.74 Å². The number of carbonyl (C=O) groups is 1. The molecule has 1 amide bonds. The lowest BCUT2D eigenvalue weighted by atomic mass is 9.86. The van der Waals surface area contributed by atoms with E-state index in [1.165, 1.54) is 0 Å². The Morgan fingerprint density at radius 3 is 3.00 bits per heavy atom. The quantitative estimate of drug-likeness (QED) is 0.882. The van der Waals surface area contributed by atoms with E-state index in [0.29, 0.717) is 18.0 Å². The molecule has 0 aliphatic carbocycles. The number of amides is 1. The minimum Gasteiger partial charge on any atom is -0.373 e. The molecule has 2 aliphatic heterocycles. The highest BCUT2D eigenvalue weighted by Crippen LogP contribution is 2.37. The fraction of sp³-hybridized carbons (Fsp3) is 0.565. The summed E-state index contributed by atoms with van der Waals surface area (Å²) in [6.45, 7) is 9.80. The van der Waals surface area contributed by atoms with E-state index >= 15 is 0 Å². The molecular weight excluding hydrogens is 350 g/mol. The minimum absolute atomic E-state index is 0.0668. The number of para-hydroxylation sites is 1. The molecule has 1 spiro atoms. The Morgan fingerprint density at radius 1 is 1.36 bits per heavy atom. The van der Waals surface area contributed by atoms with Gasteiger partial charge in [0.15, 0.2) is 0 Å². The zero-order valence-corrected chi connectivity index (χ0v) is 17.2. The van der Waals surface area contributed by atoms with E-state index in [9.17, 15) is 4.79 Å². The van der Waals surface area contributed by atoms with Gasteiger partial charge in [0.2, 0.25) is 0 Å². The van der Waals surface area contributed by atoms with Gasteiger partial charge in [-0.2, -0.15) is 0 Å². The summed E-state index contributed by atoms with van der Waals surface area (Å²) in [6, 6.07) is 9.87. The highest BCUT2D eigenvalue weighted by Gasteiger charge is 2.44. The number of pyridine rings is 1. The summed E-state index contributed by atoms with van der Waals surface area (Å²) in [5.41, 5.74) is 1.53. The Hall–Kier alpha value is -1.98. The van der Waals surface area contributed by atoms with Gasteiger partial charge in [0.1, 0.15) is 0 Å². The third-order valence-electron chi connectivity index (χ3n) is 5.87. The molecule has 0 bridgehead atoms. The van der Waals surface area contributed by atoms with Crippen LogP contribution in [-0.4, -0.2) is 53.2 Å². The third kappa shape index (κ3) is 4.20. The molecule has 1 N–H and O–H groups in total. The van der Waals surface area contributed by atoms with E-state index in [-0.39, 0.29) is 17.0 Å². The number of nitrogens with zero attached hydrogens (tertiary/aromatic N) is 2. The van der Waals surface area contributed by atoms with Crippen LogP contribution < -0.4 is 5.32 Å². The first-order chi connectivity index (χ1) is 13.3. The van der Waals surface area contributed by atoms with Crippen molar-refractivity contribution in [3.63, 3.8) is 0 Å². The summed E-state index contributed by atoms with van der Waals surface area (Å²) in [7, 11) is 0. The van der Waals surface area contributed by atoms with E-state index in [1.54, 1.807) is 6.20 Å². The van der Waals surface area contributed by atoms with Gasteiger partial charge < -0.3 is 15.0 Å². The smallest absolute Gasteiger partial charge is 0.255 e. The molecule has 2 aliphatic rings. The number of fused-ring (bicyclic) bond motifs is 1. The van der Waals surface area contributed by atoms with Crippen LogP contribution in [0.1, 0.15) is 50.4 Å². The molecule has 2 aromatic rings. The maximum atomic E-state index is 13.1. The first kappa shape index (κ1) is 19.3. The largest absolute Gasteiger partial charge is 0.373 e. The van der Waals surface area contributed by atoms with Crippen molar-refractivity contribution in [2.75, 3.05) is 26.2 Å². The number of piperidine rings is 1. The Morgan fingerprint density at radius 2 is 2.18 bits per heavy atom. The van der Waals surface area contributed by atoms with Gasteiger partial charge in [-0.15, -0.1) is 0 Å². The summed E-state index contributed by atoms with van der Waals surface area (Å²) < 4.78 is 6.30. The van der Waals surface area contributed by atoms with Crippen LogP contribution in [0.2, 0.25) is 0 Å². The number of ether oxygens (including phenoxy) is 1. The lowest BCUT2D eigenvalue weighted by Gasteiger charge is -2.40.